The number of rotatable bonds is 1. The van der Waals surface area contributed by atoms with Gasteiger partial charge in [0.1, 0.15) is 0 Å². The predicted octanol–water partition coefficient (Wildman–Crippen LogP) is 1.71. The number of allylic oxidation sites excluding steroid dienone is 2. The second-order valence-electron chi connectivity index (χ2n) is 3.70. The van der Waals surface area contributed by atoms with Crippen LogP contribution < -0.4 is 5.32 Å². The van der Waals surface area contributed by atoms with Gasteiger partial charge in [0, 0.05) is 18.5 Å². The van der Waals surface area contributed by atoms with E-state index in [-0.39, 0.29) is 0 Å². The first-order chi connectivity index (χ1) is 4.85. The zero-order valence-electron chi connectivity index (χ0n) is 6.61. The molecule has 0 amide bonds. The fourth-order valence-electron chi connectivity index (χ4n) is 2.00. The molecule has 0 bridgehead atoms. The highest BCUT2D eigenvalue weighted by Crippen LogP contribution is 2.41. The lowest BCUT2D eigenvalue weighted by Crippen LogP contribution is -2.51. The van der Waals surface area contributed by atoms with Gasteiger partial charge in [-0.25, -0.2) is 0 Å². The Balaban J connectivity index is 1.98. The summed E-state index contributed by atoms with van der Waals surface area (Å²) in [6, 6.07) is 0. The number of hydrogen-bond donors (Lipinski definition) is 1. The fraction of sp³-hybridized carbons (Fsp3) is 0.778. The van der Waals surface area contributed by atoms with Crippen LogP contribution in [0.5, 0.6) is 0 Å². The smallest absolute Gasteiger partial charge is 0.00263 e. The predicted molar refractivity (Wildman–Crippen MR) is 42.9 cm³/mol. The molecule has 1 N–H and O–H groups in total. The minimum Gasteiger partial charge on any atom is -0.315 e. The Hall–Kier alpha value is -0.300. The van der Waals surface area contributed by atoms with Crippen LogP contribution in [-0.2, 0) is 0 Å². The molecule has 0 unspecified atom stereocenters. The van der Waals surface area contributed by atoms with Crippen LogP contribution >= 0.6 is 0 Å². The van der Waals surface area contributed by atoms with E-state index in [2.05, 4.69) is 18.3 Å². The van der Waals surface area contributed by atoms with E-state index in [4.69, 9.17) is 0 Å². The molecule has 0 saturated carbocycles. The van der Waals surface area contributed by atoms with Gasteiger partial charge in [-0.15, -0.1) is 0 Å². The summed E-state index contributed by atoms with van der Waals surface area (Å²) in [5, 5.41) is 3.36. The largest absolute Gasteiger partial charge is 0.315 e. The Morgan fingerprint density at radius 3 is 2.70 bits per heavy atom. The van der Waals surface area contributed by atoms with Crippen LogP contribution in [0.3, 0.4) is 0 Å². The molecule has 0 aromatic heterocycles. The third kappa shape index (κ3) is 0.807. The van der Waals surface area contributed by atoms with Crippen molar-refractivity contribution in [3.63, 3.8) is 0 Å². The Labute approximate surface area is 62.5 Å². The first-order valence-electron chi connectivity index (χ1n) is 4.23. The van der Waals surface area contributed by atoms with Gasteiger partial charge in [-0.3, -0.25) is 0 Å². The van der Waals surface area contributed by atoms with Crippen molar-refractivity contribution in [1.82, 2.24) is 5.32 Å². The summed E-state index contributed by atoms with van der Waals surface area (Å²) in [6.45, 7) is 4.77. The standard InChI is InChI=1S/C9H15N/c1-2-8-3-4-9(5-8)6-10-7-9/h3,10H,2,4-7H2,1H3. The van der Waals surface area contributed by atoms with Crippen molar-refractivity contribution >= 4 is 0 Å². The third-order valence-corrected chi connectivity index (χ3v) is 2.88. The maximum atomic E-state index is 3.36. The van der Waals surface area contributed by atoms with E-state index in [1.165, 1.54) is 32.4 Å². The van der Waals surface area contributed by atoms with E-state index in [9.17, 15) is 0 Å². The van der Waals surface area contributed by atoms with Crippen LogP contribution in [0.2, 0.25) is 0 Å². The first-order valence-corrected chi connectivity index (χ1v) is 4.23. The second-order valence-corrected chi connectivity index (χ2v) is 3.70. The van der Waals surface area contributed by atoms with E-state index in [1.807, 2.05) is 0 Å². The van der Waals surface area contributed by atoms with E-state index < -0.39 is 0 Å². The minimum absolute atomic E-state index is 0.686. The molecule has 1 aliphatic carbocycles. The van der Waals surface area contributed by atoms with Crippen LogP contribution in [0, 0.1) is 5.41 Å². The summed E-state index contributed by atoms with van der Waals surface area (Å²) in [5.41, 5.74) is 2.37. The zero-order chi connectivity index (χ0) is 7.03. The lowest BCUT2D eigenvalue weighted by atomic mass is 9.78. The Bertz CT molecular complexity index is 166. The molecule has 1 spiro atoms. The summed E-state index contributed by atoms with van der Waals surface area (Å²) >= 11 is 0. The van der Waals surface area contributed by atoms with Crippen LogP contribution in [0.1, 0.15) is 26.2 Å². The van der Waals surface area contributed by atoms with Gasteiger partial charge in [-0.1, -0.05) is 18.6 Å². The molecule has 2 aliphatic rings. The molecular formula is C9H15N. The molecule has 0 atom stereocenters. The van der Waals surface area contributed by atoms with Crippen molar-refractivity contribution in [3.8, 4) is 0 Å². The molecule has 1 fully saturated rings. The van der Waals surface area contributed by atoms with Crippen LogP contribution in [0.25, 0.3) is 0 Å². The van der Waals surface area contributed by atoms with Gasteiger partial charge >= 0.3 is 0 Å². The van der Waals surface area contributed by atoms with E-state index in [1.54, 1.807) is 5.57 Å². The van der Waals surface area contributed by atoms with Crippen LogP contribution in [0.15, 0.2) is 11.6 Å². The summed E-state index contributed by atoms with van der Waals surface area (Å²) in [5.74, 6) is 0. The van der Waals surface area contributed by atoms with Crippen molar-refractivity contribution in [2.75, 3.05) is 13.1 Å². The third-order valence-electron chi connectivity index (χ3n) is 2.88. The number of nitrogens with one attached hydrogen (secondary N) is 1. The van der Waals surface area contributed by atoms with E-state index >= 15 is 0 Å². The second kappa shape index (κ2) is 2.09. The summed E-state index contributed by atoms with van der Waals surface area (Å²) in [6.07, 6.45) is 6.42. The lowest BCUT2D eigenvalue weighted by molar-refractivity contribution is 0.183. The van der Waals surface area contributed by atoms with E-state index in [0.717, 1.165) is 0 Å². The molecule has 1 nitrogen and oxygen atoms in total. The van der Waals surface area contributed by atoms with Crippen LogP contribution in [0.4, 0.5) is 0 Å². The molecular weight excluding hydrogens is 122 g/mol. The average Bonchev–Trinajstić information content (AvgIpc) is 2.29. The normalized spacial score (nSPS) is 28.3. The Morgan fingerprint density at radius 2 is 2.40 bits per heavy atom. The molecule has 1 saturated heterocycles. The van der Waals surface area contributed by atoms with Gasteiger partial charge < -0.3 is 5.32 Å². The van der Waals surface area contributed by atoms with Gasteiger partial charge in [-0.2, -0.15) is 0 Å². The maximum absolute atomic E-state index is 3.36. The zero-order valence-corrected chi connectivity index (χ0v) is 6.61. The van der Waals surface area contributed by atoms with Crippen molar-refractivity contribution in [3.05, 3.63) is 11.6 Å². The summed E-state index contributed by atoms with van der Waals surface area (Å²) < 4.78 is 0. The highest BCUT2D eigenvalue weighted by atomic mass is 15.0. The SMILES string of the molecule is CCC1=CCC2(CNC2)C1. The Morgan fingerprint density at radius 1 is 1.60 bits per heavy atom. The maximum Gasteiger partial charge on any atom is 0.00263 e. The highest BCUT2D eigenvalue weighted by Gasteiger charge is 2.39. The minimum atomic E-state index is 0.686. The fourth-order valence-corrected chi connectivity index (χ4v) is 2.00. The molecule has 1 aliphatic heterocycles. The molecule has 0 aromatic rings. The van der Waals surface area contributed by atoms with Crippen molar-refractivity contribution in [1.29, 1.82) is 0 Å². The van der Waals surface area contributed by atoms with Gasteiger partial charge in [0.05, 0.1) is 0 Å². The lowest BCUT2D eigenvalue weighted by Gasteiger charge is -2.39. The molecule has 10 heavy (non-hydrogen) atoms. The van der Waals surface area contributed by atoms with Crippen molar-refractivity contribution < 1.29 is 0 Å². The molecule has 0 aromatic carbocycles. The summed E-state index contributed by atoms with van der Waals surface area (Å²) in [7, 11) is 0. The average molecular weight is 137 g/mol. The topological polar surface area (TPSA) is 12.0 Å². The van der Waals surface area contributed by atoms with Gasteiger partial charge in [0.2, 0.25) is 0 Å². The Kier molecular flexibility index (Phi) is 1.34. The monoisotopic (exact) mass is 137 g/mol. The molecule has 1 heterocycles. The van der Waals surface area contributed by atoms with Gasteiger partial charge in [0.25, 0.3) is 0 Å². The number of hydrogen-bond acceptors (Lipinski definition) is 1. The molecule has 56 valence electrons. The molecule has 0 radical (unpaired) electrons. The molecule has 2 rings (SSSR count). The quantitative estimate of drug-likeness (QED) is 0.542. The van der Waals surface area contributed by atoms with Crippen LogP contribution in [-0.4, -0.2) is 13.1 Å². The van der Waals surface area contributed by atoms with Crippen molar-refractivity contribution in [2.45, 2.75) is 26.2 Å². The summed E-state index contributed by atoms with van der Waals surface area (Å²) in [4.78, 5) is 0. The highest BCUT2D eigenvalue weighted by molar-refractivity contribution is 5.18. The first kappa shape index (κ1) is 6.41. The van der Waals surface area contributed by atoms with Gasteiger partial charge in [-0.05, 0) is 19.3 Å². The molecule has 1 heteroatoms. The van der Waals surface area contributed by atoms with Crippen molar-refractivity contribution in [2.24, 2.45) is 5.41 Å². The van der Waals surface area contributed by atoms with Gasteiger partial charge in [0.15, 0.2) is 0 Å². The van der Waals surface area contributed by atoms with E-state index in [0.29, 0.717) is 5.41 Å².